The molecule has 0 fully saturated rings. The van der Waals surface area contributed by atoms with Gasteiger partial charge in [0.15, 0.2) is 0 Å². The van der Waals surface area contributed by atoms with Crippen molar-refractivity contribution >= 4 is 10.9 Å². The van der Waals surface area contributed by atoms with Gasteiger partial charge < -0.3 is 9.88 Å². The van der Waals surface area contributed by atoms with E-state index in [4.69, 9.17) is 0 Å². The van der Waals surface area contributed by atoms with Crippen LogP contribution in [0.3, 0.4) is 0 Å². The normalized spacial score (nSPS) is 13.2. The smallest absolute Gasteiger partial charge is 0.0477 e. The van der Waals surface area contributed by atoms with Crippen LogP contribution in [0, 0.1) is 0 Å². The molecule has 0 aliphatic heterocycles. The second kappa shape index (κ2) is 4.71. The highest BCUT2D eigenvalue weighted by molar-refractivity contribution is 5.80. The SMILES string of the molecule is CCC(CNC)c1ccc2c(ccn2C)c1. The molecule has 16 heavy (non-hydrogen) atoms. The van der Waals surface area contributed by atoms with E-state index in [0.29, 0.717) is 5.92 Å². The molecule has 1 N–H and O–H groups in total. The van der Waals surface area contributed by atoms with Crippen molar-refractivity contribution < 1.29 is 0 Å². The highest BCUT2D eigenvalue weighted by Gasteiger charge is 2.09. The average molecular weight is 216 g/mol. The molecule has 1 heterocycles. The van der Waals surface area contributed by atoms with E-state index in [9.17, 15) is 0 Å². The van der Waals surface area contributed by atoms with Gasteiger partial charge in [0.2, 0.25) is 0 Å². The van der Waals surface area contributed by atoms with E-state index < -0.39 is 0 Å². The van der Waals surface area contributed by atoms with E-state index in [1.165, 1.54) is 22.9 Å². The van der Waals surface area contributed by atoms with E-state index in [1.54, 1.807) is 0 Å². The summed E-state index contributed by atoms with van der Waals surface area (Å²) in [5, 5.41) is 4.61. The number of nitrogens with zero attached hydrogens (tertiary/aromatic N) is 1. The molecule has 0 aliphatic rings. The highest BCUT2D eigenvalue weighted by atomic mass is 14.9. The van der Waals surface area contributed by atoms with Crippen LogP contribution in [-0.2, 0) is 7.05 Å². The number of hydrogen-bond acceptors (Lipinski definition) is 1. The summed E-state index contributed by atoms with van der Waals surface area (Å²) in [5.41, 5.74) is 2.75. The number of rotatable bonds is 4. The zero-order valence-electron chi connectivity index (χ0n) is 10.3. The Morgan fingerprint density at radius 1 is 1.31 bits per heavy atom. The number of likely N-dealkylation sites (N-methyl/N-ethyl adjacent to an activating group) is 1. The van der Waals surface area contributed by atoms with Crippen LogP contribution in [0.25, 0.3) is 10.9 Å². The lowest BCUT2D eigenvalue weighted by molar-refractivity contribution is 0.612. The maximum absolute atomic E-state index is 3.27. The molecule has 0 radical (unpaired) electrons. The minimum absolute atomic E-state index is 0.620. The first-order chi connectivity index (χ1) is 7.76. The lowest BCUT2D eigenvalue weighted by atomic mass is 9.95. The van der Waals surface area contributed by atoms with Crippen LogP contribution in [-0.4, -0.2) is 18.2 Å². The Hall–Kier alpha value is -1.28. The molecule has 0 aliphatic carbocycles. The zero-order chi connectivity index (χ0) is 11.5. The third-order valence-corrected chi connectivity index (χ3v) is 3.32. The molecule has 0 bridgehead atoms. The fraction of sp³-hybridized carbons (Fsp3) is 0.429. The maximum Gasteiger partial charge on any atom is 0.0477 e. The largest absolute Gasteiger partial charge is 0.351 e. The van der Waals surface area contributed by atoms with Gasteiger partial charge in [-0.3, -0.25) is 0 Å². The van der Waals surface area contributed by atoms with Gasteiger partial charge in [-0.25, -0.2) is 0 Å². The molecule has 0 amide bonds. The van der Waals surface area contributed by atoms with Gasteiger partial charge in [0.25, 0.3) is 0 Å². The molecule has 1 aromatic carbocycles. The molecule has 86 valence electrons. The van der Waals surface area contributed by atoms with E-state index in [-0.39, 0.29) is 0 Å². The fourth-order valence-electron chi connectivity index (χ4n) is 2.30. The zero-order valence-corrected chi connectivity index (χ0v) is 10.3. The summed E-state index contributed by atoms with van der Waals surface area (Å²) in [6.07, 6.45) is 3.30. The van der Waals surface area contributed by atoms with Crippen LogP contribution in [0.1, 0.15) is 24.8 Å². The van der Waals surface area contributed by atoms with Gasteiger partial charge in [-0.2, -0.15) is 0 Å². The Balaban J connectivity index is 2.37. The first kappa shape index (κ1) is 11.2. The van der Waals surface area contributed by atoms with Crippen molar-refractivity contribution in [3.05, 3.63) is 36.0 Å². The van der Waals surface area contributed by atoms with Gasteiger partial charge >= 0.3 is 0 Å². The van der Waals surface area contributed by atoms with Crippen LogP contribution >= 0.6 is 0 Å². The quantitative estimate of drug-likeness (QED) is 0.831. The van der Waals surface area contributed by atoms with Crippen LogP contribution in [0.2, 0.25) is 0 Å². The molecule has 1 unspecified atom stereocenters. The summed E-state index contributed by atoms with van der Waals surface area (Å²) < 4.78 is 2.16. The summed E-state index contributed by atoms with van der Waals surface area (Å²) >= 11 is 0. The summed E-state index contributed by atoms with van der Waals surface area (Å²) in [6.45, 7) is 3.30. The van der Waals surface area contributed by atoms with Crippen LogP contribution in [0.4, 0.5) is 0 Å². The predicted octanol–water partition coefficient (Wildman–Crippen LogP) is 2.89. The lowest BCUT2D eigenvalue weighted by Crippen LogP contribution is -2.16. The van der Waals surface area contributed by atoms with Crippen LogP contribution in [0.5, 0.6) is 0 Å². The molecular formula is C14H20N2. The predicted molar refractivity (Wildman–Crippen MR) is 69.9 cm³/mol. The molecular weight excluding hydrogens is 196 g/mol. The minimum Gasteiger partial charge on any atom is -0.351 e. The molecule has 1 atom stereocenters. The first-order valence-electron chi connectivity index (χ1n) is 5.95. The van der Waals surface area contributed by atoms with Crippen molar-refractivity contribution in [2.24, 2.45) is 7.05 Å². The molecule has 2 rings (SSSR count). The Bertz CT molecular complexity index is 471. The Labute approximate surface area is 97.3 Å². The standard InChI is InChI=1S/C14H20N2/c1-4-11(10-15-2)12-5-6-14-13(9-12)7-8-16(14)3/h5-9,11,15H,4,10H2,1-3H3. The second-order valence-corrected chi connectivity index (χ2v) is 4.41. The van der Waals surface area contributed by atoms with Crippen molar-refractivity contribution in [1.82, 2.24) is 9.88 Å². The third kappa shape index (κ3) is 1.98. The van der Waals surface area contributed by atoms with Crippen LogP contribution in [0.15, 0.2) is 30.5 Å². The number of benzene rings is 1. The maximum atomic E-state index is 3.27. The minimum atomic E-state index is 0.620. The van der Waals surface area contributed by atoms with Gasteiger partial charge in [0, 0.05) is 25.3 Å². The molecule has 0 saturated heterocycles. The number of fused-ring (bicyclic) bond motifs is 1. The first-order valence-corrected chi connectivity index (χ1v) is 5.95. The third-order valence-electron chi connectivity index (χ3n) is 3.32. The molecule has 0 spiro atoms. The van der Waals surface area contributed by atoms with Gasteiger partial charge in [-0.15, -0.1) is 0 Å². The molecule has 2 heteroatoms. The van der Waals surface area contributed by atoms with Gasteiger partial charge in [0.1, 0.15) is 0 Å². The summed E-state index contributed by atoms with van der Waals surface area (Å²) in [7, 11) is 4.11. The van der Waals surface area contributed by atoms with Crippen molar-refractivity contribution in [1.29, 1.82) is 0 Å². The Morgan fingerprint density at radius 3 is 2.81 bits per heavy atom. The summed E-state index contributed by atoms with van der Waals surface area (Å²) in [4.78, 5) is 0. The van der Waals surface area contributed by atoms with E-state index >= 15 is 0 Å². The summed E-state index contributed by atoms with van der Waals surface area (Å²) in [5.74, 6) is 0.620. The average Bonchev–Trinajstić information content (AvgIpc) is 2.67. The monoisotopic (exact) mass is 216 g/mol. The number of aryl methyl sites for hydroxylation is 1. The van der Waals surface area contributed by atoms with Gasteiger partial charge in [0.05, 0.1) is 0 Å². The second-order valence-electron chi connectivity index (χ2n) is 4.41. The lowest BCUT2D eigenvalue weighted by Gasteiger charge is -2.15. The molecule has 2 nitrogen and oxygen atoms in total. The van der Waals surface area contributed by atoms with E-state index in [0.717, 1.165) is 6.54 Å². The Kier molecular flexibility index (Phi) is 3.30. The number of hydrogen-bond donors (Lipinski definition) is 1. The van der Waals surface area contributed by atoms with Gasteiger partial charge in [-0.05, 0) is 48.5 Å². The van der Waals surface area contributed by atoms with Crippen molar-refractivity contribution in [3.63, 3.8) is 0 Å². The highest BCUT2D eigenvalue weighted by Crippen LogP contribution is 2.24. The van der Waals surface area contributed by atoms with Crippen molar-refractivity contribution in [2.45, 2.75) is 19.3 Å². The van der Waals surface area contributed by atoms with Crippen molar-refractivity contribution in [2.75, 3.05) is 13.6 Å². The molecule has 2 aromatic rings. The Morgan fingerprint density at radius 2 is 2.12 bits per heavy atom. The van der Waals surface area contributed by atoms with Crippen LogP contribution < -0.4 is 5.32 Å². The fourth-order valence-corrected chi connectivity index (χ4v) is 2.30. The summed E-state index contributed by atoms with van der Waals surface area (Å²) in [6, 6.07) is 8.99. The topological polar surface area (TPSA) is 17.0 Å². The number of nitrogens with one attached hydrogen (secondary N) is 1. The van der Waals surface area contributed by atoms with E-state index in [1.807, 2.05) is 7.05 Å². The molecule has 1 aromatic heterocycles. The van der Waals surface area contributed by atoms with Crippen molar-refractivity contribution in [3.8, 4) is 0 Å². The number of aromatic nitrogens is 1. The van der Waals surface area contributed by atoms with Gasteiger partial charge in [-0.1, -0.05) is 13.0 Å². The molecule has 0 saturated carbocycles. The van der Waals surface area contributed by atoms with E-state index in [2.05, 4.69) is 54.3 Å².